The van der Waals surface area contributed by atoms with Crippen LogP contribution < -0.4 is 10.1 Å². The molecule has 2 aromatic rings. The van der Waals surface area contributed by atoms with Gasteiger partial charge in [-0.3, -0.25) is 4.79 Å². The van der Waals surface area contributed by atoms with Gasteiger partial charge in [0.1, 0.15) is 5.75 Å². The second-order valence-corrected chi connectivity index (χ2v) is 8.26. The molecule has 0 aliphatic rings. The maximum Gasteiger partial charge on any atom is 0.239 e. The Hall–Kier alpha value is -2.09. The van der Waals surface area contributed by atoms with Crippen LogP contribution in [-0.2, 0) is 21.4 Å². The van der Waals surface area contributed by atoms with Crippen LogP contribution in [0.1, 0.15) is 11.1 Å². The lowest BCUT2D eigenvalue weighted by atomic mass is 10.2. The molecule has 140 valence electrons. The minimum atomic E-state index is -3.56. The van der Waals surface area contributed by atoms with E-state index in [1.54, 1.807) is 19.1 Å². The fraction of sp³-hybridized carbons (Fsp3) is 0.278. The highest BCUT2D eigenvalue weighted by Crippen LogP contribution is 2.30. The van der Waals surface area contributed by atoms with Crippen LogP contribution >= 0.6 is 11.6 Å². The Morgan fingerprint density at radius 1 is 1.23 bits per heavy atom. The Morgan fingerprint density at radius 3 is 2.46 bits per heavy atom. The van der Waals surface area contributed by atoms with Crippen molar-refractivity contribution in [3.05, 3.63) is 58.6 Å². The van der Waals surface area contributed by atoms with Crippen LogP contribution in [0.3, 0.4) is 0 Å². The largest absolute Gasteiger partial charge is 0.495 e. The number of aryl methyl sites for hydroxylation is 1. The minimum Gasteiger partial charge on any atom is -0.495 e. The molecule has 1 amide bonds. The third kappa shape index (κ3) is 5.45. The van der Waals surface area contributed by atoms with Crippen molar-refractivity contribution in [1.29, 1.82) is 0 Å². The zero-order chi connectivity index (χ0) is 19.3. The first-order chi connectivity index (χ1) is 12.2. The van der Waals surface area contributed by atoms with Crippen molar-refractivity contribution >= 4 is 33.2 Å². The summed E-state index contributed by atoms with van der Waals surface area (Å²) >= 11 is 6.06. The molecule has 0 aromatic heterocycles. The monoisotopic (exact) mass is 396 g/mol. The molecule has 0 radical (unpaired) electrons. The molecule has 0 aliphatic carbocycles. The lowest BCUT2D eigenvalue weighted by Gasteiger charge is -2.20. The Morgan fingerprint density at radius 2 is 1.88 bits per heavy atom. The van der Waals surface area contributed by atoms with E-state index in [0.29, 0.717) is 16.5 Å². The number of hydrogen-bond acceptors (Lipinski definition) is 4. The normalized spacial score (nSPS) is 11.4. The molecule has 26 heavy (non-hydrogen) atoms. The predicted octanol–water partition coefficient (Wildman–Crippen LogP) is 3.06. The number of rotatable bonds is 7. The van der Waals surface area contributed by atoms with E-state index < -0.39 is 15.9 Å². The molecule has 0 spiro atoms. The van der Waals surface area contributed by atoms with Crippen LogP contribution in [0.2, 0.25) is 5.02 Å². The first kappa shape index (κ1) is 20.2. The standard InChI is InChI=1S/C18H21ClN2O4S/c1-13-9-16(17(25-2)10-15(13)19)20-18(22)12-21(26(3,23)24)11-14-7-5-4-6-8-14/h4-10H,11-12H2,1-3H3,(H,20,22). The lowest BCUT2D eigenvalue weighted by molar-refractivity contribution is -0.116. The molecule has 0 unspecified atom stereocenters. The van der Waals surface area contributed by atoms with Gasteiger partial charge in [0.15, 0.2) is 0 Å². The van der Waals surface area contributed by atoms with Crippen molar-refractivity contribution in [2.45, 2.75) is 13.5 Å². The van der Waals surface area contributed by atoms with E-state index in [1.165, 1.54) is 7.11 Å². The molecule has 0 fully saturated rings. The second kappa shape index (κ2) is 8.53. The number of methoxy groups -OCH3 is 1. The summed E-state index contributed by atoms with van der Waals surface area (Å²) in [7, 11) is -2.09. The number of sulfonamides is 1. The van der Waals surface area contributed by atoms with E-state index in [1.807, 2.05) is 30.3 Å². The van der Waals surface area contributed by atoms with Crippen LogP contribution in [0.4, 0.5) is 5.69 Å². The molecule has 0 saturated heterocycles. The van der Waals surface area contributed by atoms with Crippen LogP contribution in [-0.4, -0.2) is 38.5 Å². The van der Waals surface area contributed by atoms with Crippen molar-refractivity contribution in [1.82, 2.24) is 4.31 Å². The van der Waals surface area contributed by atoms with Crippen molar-refractivity contribution in [3.63, 3.8) is 0 Å². The van der Waals surface area contributed by atoms with E-state index in [4.69, 9.17) is 16.3 Å². The molecule has 6 nitrogen and oxygen atoms in total. The van der Waals surface area contributed by atoms with E-state index >= 15 is 0 Å². The molecule has 0 bridgehead atoms. The number of halogens is 1. The zero-order valence-corrected chi connectivity index (χ0v) is 16.4. The number of benzene rings is 2. The quantitative estimate of drug-likeness (QED) is 0.780. The van der Waals surface area contributed by atoms with Crippen molar-refractivity contribution in [3.8, 4) is 5.75 Å². The van der Waals surface area contributed by atoms with Gasteiger partial charge >= 0.3 is 0 Å². The summed E-state index contributed by atoms with van der Waals surface area (Å²) in [5.74, 6) is -0.0608. The average Bonchev–Trinajstić information content (AvgIpc) is 2.57. The number of anilines is 1. The first-order valence-electron chi connectivity index (χ1n) is 7.83. The van der Waals surface area contributed by atoms with Gasteiger partial charge in [0, 0.05) is 17.6 Å². The molecule has 0 aliphatic heterocycles. The number of nitrogens with zero attached hydrogens (tertiary/aromatic N) is 1. The summed E-state index contributed by atoms with van der Waals surface area (Å²) in [5, 5.41) is 3.20. The molecule has 1 N–H and O–H groups in total. The lowest BCUT2D eigenvalue weighted by Crippen LogP contribution is -2.36. The van der Waals surface area contributed by atoms with Crippen molar-refractivity contribution in [2.75, 3.05) is 25.2 Å². The van der Waals surface area contributed by atoms with Crippen molar-refractivity contribution < 1.29 is 17.9 Å². The predicted molar refractivity (Wildman–Crippen MR) is 103 cm³/mol. The summed E-state index contributed by atoms with van der Waals surface area (Å²) in [6.45, 7) is 1.61. The number of nitrogens with one attached hydrogen (secondary N) is 1. The van der Waals surface area contributed by atoms with Crippen molar-refractivity contribution in [2.24, 2.45) is 0 Å². The van der Waals surface area contributed by atoms with Gasteiger partial charge in [-0.1, -0.05) is 41.9 Å². The van der Waals surface area contributed by atoms with Gasteiger partial charge in [-0.05, 0) is 24.1 Å². The van der Waals surface area contributed by atoms with Gasteiger partial charge in [0.25, 0.3) is 0 Å². The molecule has 0 heterocycles. The highest BCUT2D eigenvalue weighted by atomic mass is 35.5. The summed E-state index contributed by atoms with van der Waals surface area (Å²) in [6.07, 6.45) is 1.08. The Balaban J connectivity index is 2.17. The summed E-state index contributed by atoms with van der Waals surface area (Å²) in [6, 6.07) is 12.4. The Labute approximate surface area is 158 Å². The highest BCUT2D eigenvalue weighted by molar-refractivity contribution is 7.88. The van der Waals surface area contributed by atoms with E-state index in [9.17, 15) is 13.2 Å². The highest BCUT2D eigenvalue weighted by Gasteiger charge is 2.21. The Kier molecular flexibility index (Phi) is 6.63. The maximum absolute atomic E-state index is 12.4. The number of carbonyl (C=O) groups is 1. The van der Waals surface area contributed by atoms with Gasteiger partial charge in [-0.15, -0.1) is 0 Å². The van der Waals surface area contributed by atoms with Gasteiger partial charge in [-0.2, -0.15) is 4.31 Å². The molecule has 2 rings (SSSR count). The fourth-order valence-corrected chi connectivity index (χ4v) is 3.25. The van der Waals surface area contributed by atoms with Gasteiger partial charge in [0.2, 0.25) is 15.9 Å². The molecular weight excluding hydrogens is 376 g/mol. The molecule has 8 heteroatoms. The van der Waals surface area contributed by atoms with Crippen LogP contribution in [0.15, 0.2) is 42.5 Å². The van der Waals surface area contributed by atoms with Gasteiger partial charge in [-0.25, -0.2) is 8.42 Å². The van der Waals surface area contributed by atoms with Crippen LogP contribution in [0.25, 0.3) is 0 Å². The smallest absolute Gasteiger partial charge is 0.239 e. The van der Waals surface area contributed by atoms with Crippen LogP contribution in [0.5, 0.6) is 5.75 Å². The fourth-order valence-electron chi connectivity index (χ4n) is 2.36. The first-order valence-corrected chi connectivity index (χ1v) is 10.1. The van der Waals surface area contributed by atoms with Crippen LogP contribution in [0, 0.1) is 6.92 Å². The molecule has 0 atom stereocenters. The van der Waals surface area contributed by atoms with E-state index in [0.717, 1.165) is 21.7 Å². The van der Waals surface area contributed by atoms with Gasteiger partial charge in [0.05, 0.1) is 25.6 Å². The molecule has 0 saturated carbocycles. The number of ether oxygens (including phenoxy) is 1. The Bertz CT molecular complexity index is 886. The van der Waals surface area contributed by atoms with E-state index in [-0.39, 0.29) is 13.1 Å². The number of hydrogen-bond donors (Lipinski definition) is 1. The topological polar surface area (TPSA) is 75.7 Å². The second-order valence-electron chi connectivity index (χ2n) is 5.87. The number of amides is 1. The van der Waals surface area contributed by atoms with E-state index in [2.05, 4.69) is 5.32 Å². The zero-order valence-electron chi connectivity index (χ0n) is 14.8. The SMILES string of the molecule is COc1cc(Cl)c(C)cc1NC(=O)CN(Cc1ccccc1)S(C)(=O)=O. The average molecular weight is 397 g/mol. The van der Waals surface area contributed by atoms with Gasteiger partial charge < -0.3 is 10.1 Å². The minimum absolute atomic E-state index is 0.115. The molecular formula is C18H21ClN2O4S. The molecule has 2 aromatic carbocycles. The summed E-state index contributed by atoms with van der Waals surface area (Å²) < 4.78 is 30.4. The maximum atomic E-state index is 12.4. The summed E-state index contributed by atoms with van der Waals surface area (Å²) in [5.41, 5.74) is 2.00. The third-order valence-corrected chi connectivity index (χ3v) is 5.35. The number of carbonyl (C=O) groups excluding carboxylic acids is 1. The third-order valence-electron chi connectivity index (χ3n) is 3.75. The summed E-state index contributed by atoms with van der Waals surface area (Å²) in [4.78, 5) is 12.4.